The first-order chi connectivity index (χ1) is 10.0. The standard InChI is InChI=1S/C13H8Cl2FN5/c1-21-19-13(18-20-21)12-10(3-8(14)4-11(12)15)7-2-9(16)6-17-5-7/h2-6H,1H3. The molecule has 0 saturated heterocycles. The van der Waals surface area contributed by atoms with Crippen molar-refractivity contribution < 1.29 is 4.39 Å². The predicted octanol–water partition coefficient (Wildman–Crippen LogP) is 3.39. The molecule has 0 aliphatic carbocycles. The maximum Gasteiger partial charge on any atom is 0.207 e. The molecule has 8 heteroatoms. The van der Waals surface area contributed by atoms with Gasteiger partial charge in [-0.2, -0.15) is 4.80 Å². The number of benzene rings is 1. The number of hydrogen-bond donors (Lipinski definition) is 0. The molecule has 106 valence electrons. The largest absolute Gasteiger partial charge is 0.261 e. The molecular formula is C13H8Cl2FN5. The van der Waals surface area contributed by atoms with Gasteiger partial charge in [0.2, 0.25) is 5.82 Å². The van der Waals surface area contributed by atoms with E-state index in [4.69, 9.17) is 23.2 Å². The number of aromatic nitrogens is 5. The molecule has 3 aromatic rings. The van der Waals surface area contributed by atoms with E-state index in [9.17, 15) is 4.39 Å². The van der Waals surface area contributed by atoms with E-state index in [1.54, 1.807) is 19.2 Å². The van der Waals surface area contributed by atoms with Crippen LogP contribution in [0.2, 0.25) is 10.0 Å². The van der Waals surface area contributed by atoms with Gasteiger partial charge in [-0.1, -0.05) is 23.2 Å². The molecule has 0 atom stereocenters. The maximum absolute atomic E-state index is 13.4. The third-order valence-corrected chi connectivity index (χ3v) is 3.32. The highest BCUT2D eigenvalue weighted by molar-refractivity contribution is 6.37. The molecule has 0 amide bonds. The Labute approximate surface area is 129 Å². The van der Waals surface area contributed by atoms with E-state index in [0.717, 1.165) is 6.20 Å². The Morgan fingerprint density at radius 1 is 1.14 bits per heavy atom. The van der Waals surface area contributed by atoms with E-state index in [1.807, 2.05) is 0 Å². The van der Waals surface area contributed by atoms with E-state index in [-0.39, 0.29) is 0 Å². The summed E-state index contributed by atoms with van der Waals surface area (Å²) in [5.41, 5.74) is 1.65. The van der Waals surface area contributed by atoms with Crippen LogP contribution in [0.5, 0.6) is 0 Å². The number of hydrogen-bond acceptors (Lipinski definition) is 4. The molecule has 0 saturated carbocycles. The van der Waals surface area contributed by atoms with Gasteiger partial charge in [-0.3, -0.25) is 4.98 Å². The number of pyridine rings is 1. The van der Waals surface area contributed by atoms with E-state index >= 15 is 0 Å². The first-order valence-corrected chi connectivity index (χ1v) is 6.64. The molecule has 0 bridgehead atoms. The van der Waals surface area contributed by atoms with Crippen LogP contribution in [0, 0.1) is 5.82 Å². The van der Waals surface area contributed by atoms with E-state index in [1.165, 1.54) is 17.1 Å². The van der Waals surface area contributed by atoms with Crippen LogP contribution >= 0.6 is 23.2 Å². The van der Waals surface area contributed by atoms with Crippen molar-refractivity contribution >= 4 is 23.2 Å². The highest BCUT2D eigenvalue weighted by Crippen LogP contribution is 2.38. The monoisotopic (exact) mass is 323 g/mol. The second kappa shape index (κ2) is 5.38. The van der Waals surface area contributed by atoms with Crippen LogP contribution in [0.4, 0.5) is 4.39 Å². The third kappa shape index (κ3) is 2.72. The van der Waals surface area contributed by atoms with Crippen molar-refractivity contribution in [3.8, 4) is 22.5 Å². The molecule has 2 aromatic heterocycles. The van der Waals surface area contributed by atoms with Gasteiger partial charge in [-0.25, -0.2) is 4.39 Å². The second-order valence-electron chi connectivity index (χ2n) is 4.30. The van der Waals surface area contributed by atoms with Crippen molar-refractivity contribution in [2.75, 3.05) is 0 Å². The number of halogens is 3. The fourth-order valence-electron chi connectivity index (χ4n) is 1.97. The van der Waals surface area contributed by atoms with Gasteiger partial charge in [0.05, 0.1) is 18.3 Å². The lowest BCUT2D eigenvalue weighted by atomic mass is 10.0. The van der Waals surface area contributed by atoms with Crippen LogP contribution < -0.4 is 0 Å². The first-order valence-electron chi connectivity index (χ1n) is 5.89. The van der Waals surface area contributed by atoms with Crippen molar-refractivity contribution in [3.05, 3.63) is 46.5 Å². The van der Waals surface area contributed by atoms with Gasteiger partial charge < -0.3 is 0 Å². The van der Waals surface area contributed by atoms with Crippen LogP contribution in [0.15, 0.2) is 30.6 Å². The Bertz CT molecular complexity index is 818. The van der Waals surface area contributed by atoms with Crippen LogP contribution in [0.1, 0.15) is 0 Å². The maximum atomic E-state index is 13.4. The molecule has 0 N–H and O–H groups in total. The number of rotatable bonds is 2. The number of tetrazole rings is 1. The quantitative estimate of drug-likeness (QED) is 0.725. The average molecular weight is 324 g/mol. The van der Waals surface area contributed by atoms with Gasteiger partial charge in [-0.05, 0) is 29.0 Å². The molecule has 2 heterocycles. The molecule has 5 nitrogen and oxygen atoms in total. The Morgan fingerprint density at radius 2 is 1.95 bits per heavy atom. The van der Waals surface area contributed by atoms with Crippen molar-refractivity contribution in [2.24, 2.45) is 7.05 Å². The highest BCUT2D eigenvalue weighted by atomic mass is 35.5. The molecule has 1 aromatic carbocycles. The second-order valence-corrected chi connectivity index (χ2v) is 5.15. The summed E-state index contributed by atoms with van der Waals surface area (Å²) < 4.78 is 13.4. The number of nitrogens with zero attached hydrogens (tertiary/aromatic N) is 5. The van der Waals surface area contributed by atoms with Gasteiger partial charge in [0.25, 0.3) is 0 Å². The van der Waals surface area contributed by atoms with E-state index in [0.29, 0.717) is 32.6 Å². The van der Waals surface area contributed by atoms with Gasteiger partial charge in [0.15, 0.2) is 0 Å². The van der Waals surface area contributed by atoms with Crippen molar-refractivity contribution in [3.63, 3.8) is 0 Å². The minimum Gasteiger partial charge on any atom is -0.261 e. The van der Waals surface area contributed by atoms with Crippen LogP contribution in [-0.2, 0) is 7.05 Å². The third-order valence-electron chi connectivity index (χ3n) is 2.80. The van der Waals surface area contributed by atoms with Crippen LogP contribution in [0.3, 0.4) is 0 Å². The van der Waals surface area contributed by atoms with Crippen LogP contribution in [-0.4, -0.2) is 25.2 Å². The normalized spacial score (nSPS) is 10.9. The lowest BCUT2D eigenvalue weighted by Gasteiger charge is -2.09. The summed E-state index contributed by atoms with van der Waals surface area (Å²) in [6, 6.07) is 4.58. The first kappa shape index (κ1) is 13.9. The zero-order chi connectivity index (χ0) is 15.0. The van der Waals surface area contributed by atoms with E-state index in [2.05, 4.69) is 20.4 Å². The van der Waals surface area contributed by atoms with Gasteiger partial charge >= 0.3 is 0 Å². The summed E-state index contributed by atoms with van der Waals surface area (Å²) in [5.74, 6) is -0.125. The fourth-order valence-corrected chi connectivity index (χ4v) is 2.55. The van der Waals surface area contributed by atoms with Crippen molar-refractivity contribution in [1.82, 2.24) is 25.2 Å². The molecule has 0 fully saturated rings. The van der Waals surface area contributed by atoms with Crippen molar-refractivity contribution in [2.45, 2.75) is 0 Å². The molecule has 3 rings (SSSR count). The summed E-state index contributed by atoms with van der Waals surface area (Å²) in [5, 5.41) is 12.6. The Kier molecular flexibility index (Phi) is 3.57. The highest BCUT2D eigenvalue weighted by Gasteiger charge is 2.17. The predicted molar refractivity (Wildman–Crippen MR) is 77.4 cm³/mol. The molecular weight excluding hydrogens is 316 g/mol. The van der Waals surface area contributed by atoms with E-state index < -0.39 is 5.82 Å². The van der Waals surface area contributed by atoms with Crippen molar-refractivity contribution in [1.29, 1.82) is 0 Å². The van der Waals surface area contributed by atoms with Gasteiger partial charge in [0.1, 0.15) is 5.82 Å². The minimum atomic E-state index is -0.457. The SMILES string of the molecule is Cn1nnc(-c2c(Cl)cc(Cl)cc2-c2cncc(F)c2)n1. The molecule has 0 spiro atoms. The summed E-state index contributed by atoms with van der Waals surface area (Å²) in [7, 11) is 1.64. The molecule has 0 aliphatic heterocycles. The van der Waals surface area contributed by atoms with Gasteiger partial charge in [-0.15, -0.1) is 10.2 Å². The topological polar surface area (TPSA) is 56.5 Å². The molecule has 0 radical (unpaired) electrons. The summed E-state index contributed by atoms with van der Waals surface area (Å²) in [4.78, 5) is 5.15. The zero-order valence-corrected chi connectivity index (χ0v) is 12.3. The Morgan fingerprint density at radius 3 is 2.62 bits per heavy atom. The zero-order valence-electron chi connectivity index (χ0n) is 10.8. The van der Waals surface area contributed by atoms with Crippen LogP contribution in [0.25, 0.3) is 22.5 Å². The lowest BCUT2D eigenvalue weighted by molar-refractivity contribution is 0.622. The van der Waals surface area contributed by atoms with Gasteiger partial charge in [0, 0.05) is 22.3 Å². The fraction of sp³-hybridized carbons (Fsp3) is 0.0769. The molecule has 0 aliphatic rings. The average Bonchev–Trinajstić information content (AvgIpc) is 2.84. The minimum absolute atomic E-state index is 0.332. The number of aryl methyl sites for hydroxylation is 1. The Balaban J connectivity index is 2.28. The lowest BCUT2D eigenvalue weighted by Crippen LogP contribution is -1.94. The summed E-state index contributed by atoms with van der Waals surface area (Å²) in [6.45, 7) is 0. The Hall–Kier alpha value is -2.05. The molecule has 21 heavy (non-hydrogen) atoms. The smallest absolute Gasteiger partial charge is 0.207 e. The molecule has 0 unspecified atom stereocenters. The summed E-state index contributed by atoms with van der Waals surface area (Å²) >= 11 is 12.3. The summed E-state index contributed by atoms with van der Waals surface area (Å²) in [6.07, 6.45) is 2.64.